The number of benzene rings is 1. The van der Waals surface area contributed by atoms with Crippen LogP contribution in [0.25, 0.3) is 16.9 Å². The first-order valence-corrected chi connectivity index (χ1v) is 7.25. The van der Waals surface area contributed by atoms with Gasteiger partial charge in [-0.15, -0.1) is 0 Å². The fourth-order valence-electron chi connectivity index (χ4n) is 2.24. The van der Waals surface area contributed by atoms with Crippen LogP contribution < -0.4 is 5.32 Å². The highest BCUT2D eigenvalue weighted by molar-refractivity contribution is 9.10. The molecule has 0 saturated carbocycles. The molecule has 1 aromatic carbocycles. The molecule has 1 N–H and O–H groups in total. The Morgan fingerprint density at radius 1 is 1.20 bits per heavy atom. The van der Waals surface area contributed by atoms with Gasteiger partial charge in [0.2, 0.25) is 0 Å². The fourth-order valence-corrected chi connectivity index (χ4v) is 2.73. The van der Waals surface area contributed by atoms with Crippen molar-refractivity contribution >= 4 is 21.6 Å². The number of aryl methyl sites for hydroxylation is 1. The molecule has 0 bridgehead atoms. The summed E-state index contributed by atoms with van der Waals surface area (Å²) < 4.78 is 2.74. The molecule has 0 radical (unpaired) electrons. The van der Waals surface area contributed by atoms with Crippen LogP contribution in [0.3, 0.4) is 0 Å². The molecule has 0 spiro atoms. The molecule has 0 aliphatic heterocycles. The van der Waals surface area contributed by atoms with Gasteiger partial charge >= 0.3 is 0 Å². The van der Waals surface area contributed by atoms with E-state index < -0.39 is 0 Å². The van der Waals surface area contributed by atoms with Crippen molar-refractivity contribution in [3.63, 3.8) is 0 Å². The lowest BCUT2D eigenvalue weighted by atomic mass is 10.1. The molecule has 0 amide bonds. The molecule has 0 aliphatic carbocycles. The second-order valence-electron chi connectivity index (χ2n) is 4.68. The van der Waals surface area contributed by atoms with Gasteiger partial charge in [-0.1, -0.05) is 24.3 Å². The van der Waals surface area contributed by atoms with Crippen LogP contribution >= 0.6 is 15.9 Å². The van der Waals surface area contributed by atoms with Crippen LogP contribution in [0.2, 0.25) is 0 Å². The molecule has 4 nitrogen and oxygen atoms in total. The average Bonchev–Trinajstić information content (AvgIpc) is 2.76. The molecule has 3 rings (SSSR count). The Balaban J connectivity index is 2.15. The first-order chi connectivity index (χ1) is 9.70. The van der Waals surface area contributed by atoms with Crippen LogP contribution in [0.15, 0.2) is 41.0 Å². The molecule has 0 aliphatic rings. The number of fused-ring (bicyclic) bond motifs is 1. The number of rotatable bonds is 3. The largest absolute Gasteiger partial charge is 0.314 e. The number of imidazole rings is 1. The van der Waals surface area contributed by atoms with Crippen molar-refractivity contribution in [1.82, 2.24) is 19.9 Å². The zero-order valence-corrected chi connectivity index (χ0v) is 13.0. The van der Waals surface area contributed by atoms with Crippen LogP contribution in [0.1, 0.15) is 11.3 Å². The Bertz CT molecular complexity index is 764. The lowest BCUT2D eigenvalue weighted by molar-refractivity contribution is 0.789. The molecule has 0 fully saturated rings. The summed E-state index contributed by atoms with van der Waals surface area (Å²) in [5.74, 6) is 0. The smallest absolute Gasteiger partial charge is 0.155 e. The van der Waals surface area contributed by atoms with Gasteiger partial charge in [0, 0.05) is 12.1 Å². The monoisotopic (exact) mass is 330 g/mol. The lowest BCUT2D eigenvalue weighted by Crippen LogP contribution is -2.05. The van der Waals surface area contributed by atoms with E-state index in [4.69, 9.17) is 0 Å². The maximum atomic E-state index is 4.69. The van der Waals surface area contributed by atoms with Gasteiger partial charge in [0.05, 0.1) is 11.4 Å². The Kier molecular flexibility index (Phi) is 3.54. The molecule has 0 atom stereocenters. The van der Waals surface area contributed by atoms with Gasteiger partial charge in [-0.3, -0.25) is 0 Å². The van der Waals surface area contributed by atoms with E-state index in [1.165, 1.54) is 5.56 Å². The third kappa shape index (κ3) is 2.23. The summed E-state index contributed by atoms with van der Waals surface area (Å²) in [5, 5.41) is 7.80. The maximum Gasteiger partial charge on any atom is 0.155 e. The van der Waals surface area contributed by atoms with Crippen molar-refractivity contribution in [3.8, 4) is 11.3 Å². The number of nitrogens with one attached hydrogen (secondary N) is 1. The van der Waals surface area contributed by atoms with Crippen LogP contribution in [0.4, 0.5) is 0 Å². The SMILES string of the molecule is CNCc1nc2ccc(-c3ccccc3C)nn2c1Br. The number of hydrogen-bond acceptors (Lipinski definition) is 3. The van der Waals surface area contributed by atoms with Gasteiger partial charge in [0.25, 0.3) is 0 Å². The molecule has 3 aromatic rings. The molecule has 2 heterocycles. The highest BCUT2D eigenvalue weighted by Gasteiger charge is 2.11. The maximum absolute atomic E-state index is 4.69. The van der Waals surface area contributed by atoms with Crippen molar-refractivity contribution in [1.29, 1.82) is 0 Å². The van der Waals surface area contributed by atoms with Crippen molar-refractivity contribution < 1.29 is 0 Å². The topological polar surface area (TPSA) is 42.2 Å². The Morgan fingerprint density at radius 3 is 2.75 bits per heavy atom. The molecule has 2 aromatic heterocycles. The van der Waals surface area contributed by atoms with E-state index in [1.807, 2.05) is 35.8 Å². The van der Waals surface area contributed by atoms with Gasteiger partial charge < -0.3 is 5.32 Å². The van der Waals surface area contributed by atoms with Crippen molar-refractivity contribution in [2.75, 3.05) is 7.05 Å². The quantitative estimate of drug-likeness (QED) is 0.801. The summed E-state index contributed by atoms with van der Waals surface area (Å²) in [6, 6.07) is 12.3. The number of halogens is 1. The molecule has 102 valence electrons. The molecule has 5 heteroatoms. The standard InChI is InChI=1S/C15H15BrN4/c1-10-5-3-4-6-11(10)12-7-8-14-18-13(9-17-2)15(16)20(14)19-12/h3-8,17H,9H2,1-2H3. The number of nitrogens with zero attached hydrogens (tertiary/aromatic N) is 3. The summed E-state index contributed by atoms with van der Waals surface area (Å²) in [6.45, 7) is 2.81. The highest BCUT2D eigenvalue weighted by atomic mass is 79.9. The minimum atomic E-state index is 0.712. The van der Waals surface area contributed by atoms with E-state index in [2.05, 4.69) is 50.4 Å². The summed E-state index contributed by atoms with van der Waals surface area (Å²) in [5.41, 5.74) is 5.11. The molecule has 0 unspecified atom stereocenters. The summed E-state index contributed by atoms with van der Waals surface area (Å²) in [7, 11) is 1.91. The molecular weight excluding hydrogens is 316 g/mol. The molecular formula is C15H15BrN4. The van der Waals surface area contributed by atoms with Crippen LogP contribution in [0.5, 0.6) is 0 Å². The number of hydrogen-bond donors (Lipinski definition) is 1. The van der Waals surface area contributed by atoms with Crippen LogP contribution in [-0.4, -0.2) is 21.6 Å². The van der Waals surface area contributed by atoms with Crippen molar-refractivity contribution in [2.24, 2.45) is 0 Å². The van der Waals surface area contributed by atoms with Crippen LogP contribution in [0, 0.1) is 6.92 Å². The predicted octanol–water partition coefficient (Wildman–Crippen LogP) is 3.19. The zero-order chi connectivity index (χ0) is 14.1. The van der Waals surface area contributed by atoms with Gasteiger partial charge in [0.1, 0.15) is 4.60 Å². The third-order valence-corrected chi connectivity index (χ3v) is 4.05. The van der Waals surface area contributed by atoms with E-state index in [9.17, 15) is 0 Å². The van der Waals surface area contributed by atoms with Gasteiger partial charge in [-0.2, -0.15) is 5.10 Å². The van der Waals surface area contributed by atoms with Gasteiger partial charge in [-0.25, -0.2) is 9.50 Å². The Labute approximate surface area is 126 Å². The molecule has 20 heavy (non-hydrogen) atoms. The summed E-state index contributed by atoms with van der Waals surface area (Å²) in [4.78, 5) is 4.55. The summed E-state index contributed by atoms with van der Waals surface area (Å²) >= 11 is 3.58. The predicted molar refractivity (Wildman–Crippen MR) is 83.6 cm³/mol. The second kappa shape index (κ2) is 5.34. The second-order valence-corrected chi connectivity index (χ2v) is 5.43. The first-order valence-electron chi connectivity index (χ1n) is 6.45. The number of aromatic nitrogens is 3. The lowest BCUT2D eigenvalue weighted by Gasteiger charge is -2.05. The van der Waals surface area contributed by atoms with Crippen molar-refractivity contribution in [2.45, 2.75) is 13.5 Å². The summed E-state index contributed by atoms with van der Waals surface area (Å²) in [6.07, 6.45) is 0. The van der Waals surface area contributed by atoms with Crippen LogP contribution in [-0.2, 0) is 6.54 Å². The van der Waals surface area contributed by atoms with E-state index in [-0.39, 0.29) is 0 Å². The minimum Gasteiger partial charge on any atom is -0.314 e. The Hall–Kier alpha value is -1.72. The van der Waals surface area contributed by atoms with Crippen molar-refractivity contribution in [3.05, 3.63) is 52.3 Å². The van der Waals surface area contributed by atoms with E-state index in [1.54, 1.807) is 0 Å². The Morgan fingerprint density at radius 2 is 2.00 bits per heavy atom. The average molecular weight is 331 g/mol. The third-order valence-electron chi connectivity index (χ3n) is 3.25. The van der Waals surface area contributed by atoms with E-state index in [0.29, 0.717) is 6.54 Å². The highest BCUT2D eigenvalue weighted by Crippen LogP contribution is 2.24. The van der Waals surface area contributed by atoms with E-state index >= 15 is 0 Å². The minimum absolute atomic E-state index is 0.712. The normalized spacial score (nSPS) is 11.2. The zero-order valence-electron chi connectivity index (χ0n) is 11.4. The first kappa shape index (κ1) is 13.3. The molecule has 0 saturated heterocycles. The van der Waals surface area contributed by atoms with E-state index in [0.717, 1.165) is 27.2 Å². The van der Waals surface area contributed by atoms with Gasteiger partial charge in [0.15, 0.2) is 5.65 Å². The van der Waals surface area contributed by atoms with Gasteiger partial charge in [-0.05, 0) is 47.6 Å². The fraction of sp³-hybridized carbons (Fsp3) is 0.200.